The highest BCUT2D eigenvalue weighted by Gasteiger charge is 2.28. The number of para-hydroxylation sites is 1. The zero-order chi connectivity index (χ0) is 13.6. The fourth-order valence-corrected chi connectivity index (χ4v) is 3.16. The Morgan fingerprint density at radius 2 is 1.95 bits per heavy atom. The van der Waals surface area contributed by atoms with Gasteiger partial charge in [0, 0.05) is 11.8 Å². The Labute approximate surface area is 109 Å². The lowest BCUT2D eigenvalue weighted by atomic mass is 9.98. The quantitative estimate of drug-likeness (QED) is 0.805. The number of nitrogens with zero attached hydrogens (tertiary/aromatic N) is 1. The van der Waals surface area contributed by atoms with Gasteiger partial charge in [0.25, 0.3) is 10.1 Å². The maximum absolute atomic E-state index is 11.9. The molecular weight excluding hydrogens is 266 g/mol. The van der Waals surface area contributed by atoms with E-state index in [2.05, 4.69) is 4.98 Å². The normalized spacial score (nSPS) is 14.7. The highest BCUT2D eigenvalue weighted by atomic mass is 32.2. The third-order valence-corrected chi connectivity index (χ3v) is 3.93. The van der Waals surface area contributed by atoms with Crippen molar-refractivity contribution in [2.75, 3.05) is 0 Å². The second kappa shape index (κ2) is 3.97. The molecule has 1 aromatic heterocycles. The Bertz CT molecular complexity index is 837. The van der Waals surface area contributed by atoms with Crippen LogP contribution in [0.4, 0.5) is 0 Å². The van der Waals surface area contributed by atoms with E-state index in [0.29, 0.717) is 5.52 Å². The number of allylic oxidation sites excluding steroid dienone is 1. The SMILES string of the molecule is O=C1CC=Cc2nc3ccccc3c(S(=O)(=O)O)c21. The molecule has 96 valence electrons. The van der Waals surface area contributed by atoms with Gasteiger partial charge in [-0.15, -0.1) is 0 Å². The van der Waals surface area contributed by atoms with Crippen LogP contribution in [-0.2, 0) is 10.1 Å². The van der Waals surface area contributed by atoms with Crippen LogP contribution in [0.3, 0.4) is 0 Å². The predicted molar refractivity (Wildman–Crippen MR) is 69.5 cm³/mol. The van der Waals surface area contributed by atoms with Gasteiger partial charge in [0.1, 0.15) is 4.90 Å². The fraction of sp³-hybridized carbons (Fsp3) is 0.0769. The topological polar surface area (TPSA) is 84.3 Å². The molecule has 6 heteroatoms. The van der Waals surface area contributed by atoms with E-state index in [-0.39, 0.29) is 33.7 Å². The number of benzene rings is 1. The number of fused-ring (bicyclic) bond motifs is 2. The summed E-state index contributed by atoms with van der Waals surface area (Å²) in [6.07, 6.45) is 3.33. The molecule has 0 atom stereocenters. The van der Waals surface area contributed by atoms with E-state index >= 15 is 0 Å². The van der Waals surface area contributed by atoms with Crippen LogP contribution in [0.25, 0.3) is 17.0 Å². The maximum atomic E-state index is 11.9. The molecule has 5 nitrogen and oxygen atoms in total. The van der Waals surface area contributed by atoms with Crippen LogP contribution in [0.15, 0.2) is 35.2 Å². The fourth-order valence-electron chi connectivity index (χ4n) is 2.24. The van der Waals surface area contributed by atoms with Gasteiger partial charge in [-0.1, -0.05) is 24.3 Å². The number of rotatable bonds is 1. The molecule has 0 fully saturated rings. The smallest absolute Gasteiger partial charge is 0.294 e. The van der Waals surface area contributed by atoms with Crippen molar-refractivity contribution >= 4 is 32.9 Å². The molecule has 1 aliphatic carbocycles. The van der Waals surface area contributed by atoms with Crippen molar-refractivity contribution in [1.29, 1.82) is 0 Å². The summed E-state index contributed by atoms with van der Waals surface area (Å²) >= 11 is 0. The minimum Gasteiger partial charge on any atom is -0.294 e. The molecule has 0 radical (unpaired) electrons. The number of carbonyl (C=O) groups is 1. The number of Topliss-reactive ketones (excluding diaryl/α,β-unsaturated/α-hetero) is 1. The third kappa shape index (κ3) is 1.85. The Hall–Kier alpha value is -2.05. The molecule has 0 amide bonds. The van der Waals surface area contributed by atoms with Crippen LogP contribution in [0, 0.1) is 0 Å². The van der Waals surface area contributed by atoms with Crippen LogP contribution in [-0.4, -0.2) is 23.7 Å². The number of ketones is 1. The molecule has 0 aliphatic heterocycles. The summed E-state index contributed by atoms with van der Waals surface area (Å²) in [6, 6.07) is 6.51. The van der Waals surface area contributed by atoms with Gasteiger partial charge >= 0.3 is 0 Å². The molecule has 1 aromatic carbocycles. The van der Waals surface area contributed by atoms with Crippen molar-refractivity contribution in [2.24, 2.45) is 0 Å². The van der Waals surface area contributed by atoms with Gasteiger partial charge in [0.05, 0.1) is 16.8 Å². The van der Waals surface area contributed by atoms with Gasteiger partial charge < -0.3 is 0 Å². The standard InChI is InChI=1S/C13H9NO4S/c15-11-7-3-6-10-12(11)13(19(16,17)18)8-4-1-2-5-9(8)14-10/h1-6H,7H2,(H,16,17,18). The van der Waals surface area contributed by atoms with E-state index in [1.54, 1.807) is 30.4 Å². The second-order valence-corrected chi connectivity index (χ2v) is 5.58. The second-order valence-electron chi connectivity index (χ2n) is 4.22. The van der Waals surface area contributed by atoms with Gasteiger partial charge in [-0.05, 0) is 12.1 Å². The Morgan fingerprint density at radius 3 is 2.68 bits per heavy atom. The minimum absolute atomic E-state index is 0.0244. The number of hydrogen-bond donors (Lipinski definition) is 1. The Kier molecular flexibility index (Phi) is 2.51. The number of carbonyl (C=O) groups excluding carboxylic acids is 1. The summed E-state index contributed by atoms with van der Waals surface area (Å²) < 4.78 is 32.7. The van der Waals surface area contributed by atoms with Gasteiger partial charge in [-0.2, -0.15) is 8.42 Å². The summed E-state index contributed by atoms with van der Waals surface area (Å²) in [4.78, 5) is 15.8. The van der Waals surface area contributed by atoms with Crippen LogP contribution in [0.1, 0.15) is 22.5 Å². The molecule has 0 saturated carbocycles. The average Bonchev–Trinajstić information content (AvgIpc) is 2.35. The number of pyridine rings is 1. The molecule has 1 heterocycles. The molecule has 0 bridgehead atoms. The summed E-state index contributed by atoms with van der Waals surface area (Å²) in [5, 5.41) is 0.257. The van der Waals surface area contributed by atoms with E-state index in [9.17, 15) is 17.8 Å². The lowest BCUT2D eigenvalue weighted by Crippen LogP contribution is -2.14. The van der Waals surface area contributed by atoms with Crippen molar-refractivity contribution in [3.63, 3.8) is 0 Å². The lowest BCUT2D eigenvalue weighted by molar-refractivity contribution is 0.0991. The first-order valence-corrected chi connectivity index (χ1v) is 7.02. The van der Waals surface area contributed by atoms with Crippen molar-refractivity contribution in [2.45, 2.75) is 11.3 Å². The monoisotopic (exact) mass is 275 g/mol. The first-order chi connectivity index (χ1) is 8.98. The highest BCUT2D eigenvalue weighted by molar-refractivity contribution is 7.86. The number of aromatic nitrogens is 1. The van der Waals surface area contributed by atoms with Crippen molar-refractivity contribution in [3.05, 3.63) is 41.6 Å². The largest absolute Gasteiger partial charge is 0.296 e. The van der Waals surface area contributed by atoms with Crippen molar-refractivity contribution in [1.82, 2.24) is 4.98 Å². The van der Waals surface area contributed by atoms with E-state index < -0.39 is 10.1 Å². The van der Waals surface area contributed by atoms with Crippen LogP contribution < -0.4 is 0 Å². The van der Waals surface area contributed by atoms with Crippen LogP contribution in [0.5, 0.6) is 0 Å². The van der Waals surface area contributed by atoms with E-state index in [1.807, 2.05) is 0 Å². The maximum Gasteiger partial charge on any atom is 0.296 e. The molecule has 2 aromatic rings. The Balaban J connectivity index is 2.58. The molecule has 0 unspecified atom stereocenters. The van der Waals surface area contributed by atoms with Crippen LogP contribution >= 0.6 is 0 Å². The zero-order valence-electron chi connectivity index (χ0n) is 9.70. The van der Waals surface area contributed by atoms with Crippen molar-refractivity contribution in [3.8, 4) is 0 Å². The molecule has 1 aliphatic rings. The van der Waals surface area contributed by atoms with Crippen LogP contribution in [0.2, 0.25) is 0 Å². The van der Waals surface area contributed by atoms with Crippen molar-refractivity contribution < 1.29 is 17.8 Å². The zero-order valence-corrected chi connectivity index (χ0v) is 10.5. The van der Waals surface area contributed by atoms with E-state index in [4.69, 9.17) is 0 Å². The van der Waals surface area contributed by atoms with Gasteiger partial charge in [0.15, 0.2) is 5.78 Å². The Morgan fingerprint density at radius 1 is 1.21 bits per heavy atom. The minimum atomic E-state index is -4.50. The molecule has 0 saturated heterocycles. The average molecular weight is 275 g/mol. The lowest BCUT2D eigenvalue weighted by Gasteiger charge is -2.14. The molecule has 3 rings (SSSR count). The third-order valence-electron chi connectivity index (χ3n) is 2.99. The summed E-state index contributed by atoms with van der Waals surface area (Å²) in [7, 11) is -4.50. The summed E-state index contributed by atoms with van der Waals surface area (Å²) in [6.45, 7) is 0. The first kappa shape index (κ1) is 12.0. The highest BCUT2D eigenvalue weighted by Crippen LogP contribution is 2.31. The molecule has 19 heavy (non-hydrogen) atoms. The van der Waals surface area contributed by atoms with Gasteiger partial charge in [-0.25, -0.2) is 4.98 Å². The van der Waals surface area contributed by atoms with Gasteiger partial charge in [0.2, 0.25) is 0 Å². The summed E-state index contributed by atoms with van der Waals surface area (Å²) in [5.41, 5.74) is 0.680. The van der Waals surface area contributed by atoms with E-state index in [1.165, 1.54) is 6.07 Å². The summed E-state index contributed by atoms with van der Waals surface area (Å²) in [5.74, 6) is -0.358. The molecule has 0 spiro atoms. The molecule has 1 N–H and O–H groups in total. The van der Waals surface area contributed by atoms with E-state index in [0.717, 1.165) is 0 Å². The first-order valence-electron chi connectivity index (χ1n) is 5.58. The van der Waals surface area contributed by atoms with Gasteiger partial charge in [-0.3, -0.25) is 9.35 Å². The molecular formula is C13H9NO4S. The predicted octanol–water partition coefficient (Wildman–Crippen LogP) is 2.08. The number of hydrogen-bond acceptors (Lipinski definition) is 4.